The van der Waals surface area contributed by atoms with Crippen molar-refractivity contribution in [2.75, 3.05) is 19.6 Å². The van der Waals surface area contributed by atoms with Crippen LogP contribution in [0.15, 0.2) is 24.4 Å². The molecule has 4 nitrogen and oxygen atoms in total. The predicted molar refractivity (Wildman–Crippen MR) is 80.7 cm³/mol. The SMILES string of the molecule is Cc1cccc2c(CCNC(=O)C3CCNC3)c[nH]c12. The molecule has 1 unspecified atom stereocenters. The van der Waals surface area contributed by atoms with Gasteiger partial charge in [0, 0.05) is 30.2 Å². The molecule has 0 aliphatic carbocycles. The van der Waals surface area contributed by atoms with E-state index in [1.165, 1.54) is 22.0 Å². The van der Waals surface area contributed by atoms with E-state index in [4.69, 9.17) is 0 Å². The zero-order chi connectivity index (χ0) is 13.9. The van der Waals surface area contributed by atoms with E-state index in [1.807, 2.05) is 0 Å². The monoisotopic (exact) mass is 271 g/mol. The number of carbonyl (C=O) groups is 1. The Hall–Kier alpha value is -1.81. The van der Waals surface area contributed by atoms with Crippen molar-refractivity contribution < 1.29 is 4.79 Å². The zero-order valence-electron chi connectivity index (χ0n) is 11.8. The van der Waals surface area contributed by atoms with Gasteiger partial charge in [0.2, 0.25) is 5.91 Å². The van der Waals surface area contributed by atoms with Crippen LogP contribution in [0.25, 0.3) is 10.9 Å². The Morgan fingerprint density at radius 1 is 1.45 bits per heavy atom. The third kappa shape index (κ3) is 2.56. The van der Waals surface area contributed by atoms with Gasteiger partial charge in [0.25, 0.3) is 0 Å². The van der Waals surface area contributed by atoms with Crippen LogP contribution in [0.4, 0.5) is 0 Å². The fourth-order valence-electron chi connectivity index (χ4n) is 2.91. The van der Waals surface area contributed by atoms with Gasteiger partial charge in [-0.3, -0.25) is 4.79 Å². The molecule has 2 heterocycles. The lowest BCUT2D eigenvalue weighted by Crippen LogP contribution is -2.33. The number of amides is 1. The smallest absolute Gasteiger partial charge is 0.224 e. The first-order chi connectivity index (χ1) is 9.75. The molecule has 1 aromatic carbocycles. The number of para-hydroxylation sites is 1. The van der Waals surface area contributed by atoms with Crippen molar-refractivity contribution in [1.29, 1.82) is 0 Å². The van der Waals surface area contributed by atoms with Crippen LogP contribution in [0.2, 0.25) is 0 Å². The lowest BCUT2D eigenvalue weighted by molar-refractivity contribution is -0.124. The number of hydrogen-bond acceptors (Lipinski definition) is 2. The molecule has 3 rings (SSSR count). The Morgan fingerprint density at radius 3 is 3.15 bits per heavy atom. The van der Waals surface area contributed by atoms with Crippen LogP contribution in [0.5, 0.6) is 0 Å². The average Bonchev–Trinajstić information content (AvgIpc) is 3.09. The highest BCUT2D eigenvalue weighted by molar-refractivity contribution is 5.86. The number of aromatic nitrogens is 1. The highest BCUT2D eigenvalue weighted by atomic mass is 16.1. The summed E-state index contributed by atoms with van der Waals surface area (Å²) in [7, 11) is 0. The first kappa shape index (κ1) is 13.2. The van der Waals surface area contributed by atoms with Gasteiger partial charge in [-0.1, -0.05) is 18.2 Å². The van der Waals surface area contributed by atoms with Crippen LogP contribution in [0, 0.1) is 12.8 Å². The van der Waals surface area contributed by atoms with E-state index in [0.29, 0.717) is 6.54 Å². The fourth-order valence-corrected chi connectivity index (χ4v) is 2.91. The molecule has 4 heteroatoms. The van der Waals surface area contributed by atoms with E-state index in [1.54, 1.807) is 0 Å². The highest BCUT2D eigenvalue weighted by Crippen LogP contribution is 2.21. The quantitative estimate of drug-likeness (QED) is 0.793. The molecule has 1 amide bonds. The number of aromatic amines is 1. The standard InChI is InChI=1S/C16H21N3O/c1-11-3-2-4-14-12(10-19-15(11)14)6-8-18-16(20)13-5-7-17-9-13/h2-4,10,13,17,19H,5-9H2,1H3,(H,18,20). The lowest BCUT2D eigenvalue weighted by Gasteiger charge is -2.09. The van der Waals surface area contributed by atoms with E-state index in [9.17, 15) is 4.79 Å². The minimum atomic E-state index is 0.153. The van der Waals surface area contributed by atoms with Crippen molar-refractivity contribution in [3.8, 4) is 0 Å². The van der Waals surface area contributed by atoms with Crippen LogP contribution >= 0.6 is 0 Å². The summed E-state index contributed by atoms with van der Waals surface area (Å²) in [6, 6.07) is 6.33. The molecule has 1 atom stereocenters. The summed E-state index contributed by atoms with van der Waals surface area (Å²) in [5.74, 6) is 0.339. The molecule has 1 aliphatic heterocycles. The third-order valence-electron chi connectivity index (χ3n) is 4.13. The third-order valence-corrected chi connectivity index (χ3v) is 4.13. The summed E-state index contributed by atoms with van der Waals surface area (Å²) in [5.41, 5.74) is 3.73. The van der Waals surface area contributed by atoms with Crippen molar-refractivity contribution in [3.05, 3.63) is 35.5 Å². The molecular weight excluding hydrogens is 250 g/mol. The fraction of sp³-hybridized carbons (Fsp3) is 0.438. The van der Waals surface area contributed by atoms with Crippen LogP contribution in [0.3, 0.4) is 0 Å². The Bertz CT molecular complexity index is 611. The maximum absolute atomic E-state index is 11.9. The van der Waals surface area contributed by atoms with Crippen molar-refractivity contribution in [1.82, 2.24) is 15.6 Å². The summed E-state index contributed by atoms with van der Waals surface area (Å²) in [6.45, 7) is 4.59. The second kappa shape index (κ2) is 5.67. The van der Waals surface area contributed by atoms with E-state index in [2.05, 4.69) is 46.9 Å². The Balaban J connectivity index is 1.60. The van der Waals surface area contributed by atoms with Crippen molar-refractivity contribution in [2.24, 2.45) is 5.92 Å². The number of rotatable bonds is 4. The number of carbonyl (C=O) groups excluding carboxylic acids is 1. The molecule has 20 heavy (non-hydrogen) atoms. The molecule has 1 saturated heterocycles. The summed E-state index contributed by atoms with van der Waals surface area (Å²) in [5, 5.41) is 7.54. The van der Waals surface area contributed by atoms with E-state index in [0.717, 1.165) is 25.9 Å². The largest absolute Gasteiger partial charge is 0.361 e. The summed E-state index contributed by atoms with van der Waals surface area (Å²) in [4.78, 5) is 15.3. The normalized spacial score (nSPS) is 18.6. The molecule has 0 saturated carbocycles. The van der Waals surface area contributed by atoms with Gasteiger partial charge in [-0.2, -0.15) is 0 Å². The molecule has 1 aliphatic rings. The topological polar surface area (TPSA) is 56.9 Å². The molecule has 0 radical (unpaired) electrons. The van der Waals surface area contributed by atoms with Gasteiger partial charge in [-0.25, -0.2) is 0 Å². The number of aryl methyl sites for hydroxylation is 1. The number of H-pyrrole nitrogens is 1. The van der Waals surface area contributed by atoms with Gasteiger partial charge in [0.05, 0.1) is 5.92 Å². The summed E-state index contributed by atoms with van der Waals surface area (Å²) >= 11 is 0. The van der Waals surface area contributed by atoms with Crippen molar-refractivity contribution in [2.45, 2.75) is 19.8 Å². The maximum Gasteiger partial charge on any atom is 0.224 e. The number of hydrogen-bond donors (Lipinski definition) is 3. The number of benzene rings is 1. The minimum Gasteiger partial charge on any atom is -0.361 e. The first-order valence-electron chi connectivity index (χ1n) is 7.29. The van der Waals surface area contributed by atoms with Gasteiger partial charge in [0.1, 0.15) is 0 Å². The van der Waals surface area contributed by atoms with Gasteiger partial charge < -0.3 is 15.6 Å². The number of fused-ring (bicyclic) bond motifs is 1. The van der Waals surface area contributed by atoms with E-state index >= 15 is 0 Å². The summed E-state index contributed by atoms with van der Waals surface area (Å²) in [6.07, 6.45) is 3.88. The molecule has 1 fully saturated rings. The maximum atomic E-state index is 11.9. The summed E-state index contributed by atoms with van der Waals surface area (Å²) < 4.78 is 0. The molecular formula is C16H21N3O. The first-order valence-corrected chi connectivity index (χ1v) is 7.29. The molecule has 1 aromatic heterocycles. The van der Waals surface area contributed by atoms with E-state index in [-0.39, 0.29) is 11.8 Å². The Labute approximate surface area is 118 Å². The van der Waals surface area contributed by atoms with Gasteiger partial charge in [-0.15, -0.1) is 0 Å². The molecule has 2 aromatic rings. The van der Waals surface area contributed by atoms with Crippen molar-refractivity contribution in [3.63, 3.8) is 0 Å². The molecule has 0 spiro atoms. The minimum absolute atomic E-state index is 0.153. The van der Waals surface area contributed by atoms with Gasteiger partial charge >= 0.3 is 0 Å². The zero-order valence-corrected chi connectivity index (χ0v) is 11.8. The highest BCUT2D eigenvalue weighted by Gasteiger charge is 2.21. The van der Waals surface area contributed by atoms with Crippen LogP contribution in [-0.4, -0.2) is 30.5 Å². The Kier molecular flexibility index (Phi) is 3.74. The van der Waals surface area contributed by atoms with Gasteiger partial charge in [0.15, 0.2) is 0 Å². The Morgan fingerprint density at radius 2 is 2.35 bits per heavy atom. The average molecular weight is 271 g/mol. The van der Waals surface area contributed by atoms with E-state index < -0.39 is 0 Å². The van der Waals surface area contributed by atoms with Crippen LogP contribution in [0.1, 0.15) is 17.5 Å². The van der Waals surface area contributed by atoms with Gasteiger partial charge in [-0.05, 0) is 37.4 Å². The predicted octanol–water partition coefficient (Wildman–Crippen LogP) is 1.74. The molecule has 3 N–H and O–H groups in total. The van der Waals surface area contributed by atoms with Crippen LogP contribution < -0.4 is 10.6 Å². The molecule has 0 bridgehead atoms. The lowest BCUT2D eigenvalue weighted by atomic mass is 10.1. The second-order valence-corrected chi connectivity index (χ2v) is 5.54. The number of nitrogens with one attached hydrogen (secondary N) is 3. The van der Waals surface area contributed by atoms with Crippen molar-refractivity contribution >= 4 is 16.8 Å². The molecule has 106 valence electrons. The second-order valence-electron chi connectivity index (χ2n) is 5.54. The van der Waals surface area contributed by atoms with Crippen LogP contribution in [-0.2, 0) is 11.2 Å².